The normalized spacial score (nSPS) is 10.9. The molecule has 0 aliphatic carbocycles. The quantitative estimate of drug-likeness (QED) is 0.401. The third-order valence-electron chi connectivity index (χ3n) is 5.03. The molecule has 0 aliphatic heterocycles. The number of anilines is 1. The minimum atomic E-state index is -0.954. The number of aromatic nitrogens is 1. The first-order chi connectivity index (χ1) is 15.0. The number of aromatic carboxylic acids is 1. The number of rotatable bonds is 8. The predicted octanol–water partition coefficient (Wildman–Crippen LogP) is 5.39. The number of carboxylic acid groups (broad SMARTS) is 1. The first-order valence-corrected chi connectivity index (χ1v) is 10.6. The van der Waals surface area contributed by atoms with Crippen molar-refractivity contribution in [3.63, 3.8) is 0 Å². The van der Waals surface area contributed by atoms with Gasteiger partial charge in [-0.05, 0) is 53.9 Å². The molecule has 0 atom stereocenters. The lowest BCUT2D eigenvalue weighted by molar-refractivity contribution is 0.0697. The summed E-state index contributed by atoms with van der Waals surface area (Å²) in [6, 6.07) is 19.6. The highest BCUT2D eigenvalue weighted by Gasteiger charge is 2.15. The van der Waals surface area contributed by atoms with Crippen LogP contribution in [0, 0.1) is 5.82 Å². The van der Waals surface area contributed by atoms with E-state index in [2.05, 4.69) is 9.88 Å². The molecule has 7 heteroatoms. The van der Waals surface area contributed by atoms with E-state index in [4.69, 9.17) is 9.84 Å². The Bertz CT molecular complexity index is 1190. The van der Waals surface area contributed by atoms with Crippen molar-refractivity contribution in [2.24, 2.45) is 0 Å². The van der Waals surface area contributed by atoms with Gasteiger partial charge in [0.25, 0.3) is 0 Å². The van der Waals surface area contributed by atoms with E-state index < -0.39 is 5.97 Å². The fourth-order valence-electron chi connectivity index (χ4n) is 3.31. The Morgan fingerprint density at radius 2 is 1.77 bits per heavy atom. The topological polar surface area (TPSA) is 62.7 Å². The van der Waals surface area contributed by atoms with Gasteiger partial charge in [0.05, 0.1) is 22.9 Å². The van der Waals surface area contributed by atoms with E-state index in [1.165, 1.54) is 17.4 Å². The Morgan fingerprint density at radius 3 is 2.42 bits per heavy atom. The molecule has 0 fully saturated rings. The van der Waals surface area contributed by atoms with Crippen LogP contribution < -0.4 is 9.64 Å². The van der Waals surface area contributed by atoms with Crippen LogP contribution in [0.3, 0.4) is 0 Å². The number of halogens is 1. The van der Waals surface area contributed by atoms with Crippen molar-refractivity contribution in [3.05, 3.63) is 89.2 Å². The van der Waals surface area contributed by atoms with Crippen LogP contribution >= 0.6 is 11.3 Å². The number of carbonyl (C=O) groups is 1. The van der Waals surface area contributed by atoms with E-state index in [0.717, 1.165) is 28.4 Å². The summed E-state index contributed by atoms with van der Waals surface area (Å²) in [6.45, 7) is 1.21. The molecule has 31 heavy (non-hydrogen) atoms. The van der Waals surface area contributed by atoms with Crippen molar-refractivity contribution >= 4 is 32.7 Å². The Hall–Kier alpha value is -3.45. The number of benzene rings is 3. The van der Waals surface area contributed by atoms with Crippen LogP contribution in [0.4, 0.5) is 9.52 Å². The molecule has 3 aromatic carbocycles. The summed E-state index contributed by atoms with van der Waals surface area (Å²) in [7, 11) is 1.64. The highest BCUT2D eigenvalue weighted by Crippen LogP contribution is 2.31. The van der Waals surface area contributed by atoms with Gasteiger partial charge in [0.15, 0.2) is 5.13 Å². The highest BCUT2D eigenvalue weighted by molar-refractivity contribution is 7.22. The molecular formula is C24H21FN2O3S. The van der Waals surface area contributed by atoms with E-state index in [1.807, 2.05) is 30.3 Å². The van der Waals surface area contributed by atoms with Crippen LogP contribution in [-0.4, -0.2) is 29.7 Å². The monoisotopic (exact) mass is 436 g/mol. The second-order valence-electron chi connectivity index (χ2n) is 7.11. The fraction of sp³-hybridized carbons (Fsp3) is 0.167. The standard InChI is InChI=1S/C24H21FN2O3S/c1-30-19-11-7-16(8-12-19)13-14-27(15-17-5-9-18(10-6-17)23(28)29)24-26-21-4-2-3-20(25)22(21)31-24/h2-12H,13-15H2,1H3,(H,28,29). The number of hydrogen-bond donors (Lipinski definition) is 1. The summed E-state index contributed by atoms with van der Waals surface area (Å²) in [5.74, 6) is -0.424. The number of methoxy groups -OCH3 is 1. The maximum atomic E-state index is 14.2. The number of ether oxygens (including phenoxy) is 1. The molecule has 4 rings (SSSR count). The summed E-state index contributed by atoms with van der Waals surface area (Å²) in [5, 5.41) is 9.86. The van der Waals surface area contributed by atoms with E-state index in [-0.39, 0.29) is 11.4 Å². The number of fused-ring (bicyclic) bond motifs is 1. The van der Waals surface area contributed by atoms with Crippen LogP contribution in [0.2, 0.25) is 0 Å². The Kier molecular flexibility index (Phi) is 6.13. The van der Waals surface area contributed by atoms with Crippen LogP contribution in [0.5, 0.6) is 5.75 Å². The summed E-state index contributed by atoms with van der Waals surface area (Å²) in [4.78, 5) is 17.9. The second kappa shape index (κ2) is 9.14. The van der Waals surface area contributed by atoms with Gasteiger partial charge < -0.3 is 14.7 Å². The van der Waals surface area contributed by atoms with Crippen LogP contribution in [-0.2, 0) is 13.0 Å². The summed E-state index contributed by atoms with van der Waals surface area (Å²) < 4.78 is 20.0. The number of thiazole rings is 1. The Morgan fingerprint density at radius 1 is 1.06 bits per heavy atom. The molecule has 4 aromatic rings. The third kappa shape index (κ3) is 4.83. The highest BCUT2D eigenvalue weighted by atomic mass is 32.1. The van der Waals surface area contributed by atoms with Crippen molar-refractivity contribution < 1.29 is 19.0 Å². The van der Waals surface area contributed by atoms with Crippen molar-refractivity contribution in [2.45, 2.75) is 13.0 Å². The molecule has 0 amide bonds. The van der Waals surface area contributed by atoms with Crippen molar-refractivity contribution in [1.29, 1.82) is 0 Å². The SMILES string of the molecule is COc1ccc(CCN(Cc2ccc(C(=O)O)cc2)c2nc3cccc(F)c3s2)cc1. The van der Waals surface area contributed by atoms with Gasteiger partial charge in [-0.3, -0.25) is 0 Å². The minimum Gasteiger partial charge on any atom is -0.497 e. The van der Waals surface area contributed by atoms with Crippen LogP contribution in [0.25, 0.3) is 10.2 Å². The zero-order chi connectivity index (χ0) is 21.8. The minimum absolute atomic E-state index is 0.246. The van der Waals surface area contributed by atoms with Gasteiger partial charge in [-0.15, -0.1) is 0 Å². The summed E-state index contributed by atoms with van der Waals surface area (Å²) >= 11 is 1.33. The molecule has 158 valence electrons. The Balaban J connectivity index is 1.60. The van der Waals surface area contributed by atoms with Crippen molar-refractivity contribution in [1.82, 2.24) is 4.98 Å². The van der Waals surface area contributed by atoms with Gasteiger partial charge in [0.1, 0.15) is 11.6 Å². The zero-order valence-electron chi connectivity index (χ0n) is 16.9. The molecule has 1 N–H and O–H groups in total. The fourth-order valence-corrected chi connectivity index (χ4v) is 4.31. The van der Waals surface area contributed by atoms with Crippen molar-refractivity contribution in [2.75, 3.05) is 18.6 Å². The first-order valence-electron chi connectivity index (χ1n) is 9.78. The lowest BCUT2D eigenvalue weighted by Gasteiger charge is -2.22. The molecule has 0 bridgehead atoms. The molecule has 1 heterocycles. The molecule has 0 saturated carbocycles. The van der Waals surface area contributed by atoms with E-state index in [0.29, 0.717) is 23.3 Å². The van der Waals surface area contributed by atoms with Crippen LogP contribution in [0.1, 0.15) is 21.5 Å². The van der Waals surface area contributed by atoms with Gasteiger partial charge in [-0.1, -0.05) is 41.7 Å². The van der Waals surface area contributed by atoms with E-state index in [1.54, 1.807) is 37.4 Å². The summed E-state index contributed by atoms with van der Waals surface area (Å²) in [5.41, 5.74) is 2.99. The summed E-state index contributed by atoms with van der Waals surface area (Å²) in [6.07, 6.45) is 0.773. The zero-order valence-corrected chi connectivity index (χ0v) is 17.7. The average Bonchev–Trinajstić information content (AvgIpc) is 3.23. The van der Waals surface area contributed by atoms with Gasteiger partial charge in [0.2, 0.25) is 0 Å². The number of nitrogens with zero attached hydrogens (tertiary/aromatic N) is 2. The second-order valence-corrected chi connectivity index (χ2v) is 8.08. The molecular weight excluding hydrogens is 415 g/mol. The molecule has 0 unspecified atom stereocenters. The molecule has 0 aliphatic rings. The average molecular weight is 437 g/mol. The van der Waals surface area contributed by atoms with E-state index >= 15 is 0 Å². The molecule has 0 saturated heterocycles. The van der Waals surface area contributed by atoms with Crippen LogP contribution in [0.15, 0.2) is 66.7 Å². The van der Waals surface area contributed by atoms with Crippen molar-refractivity contribution in [3.8, 4) is 5.75 Å². The molecule has 1 aromatic heterocycles. The number of hydrogen-bond acceptors (Lipinski definition) is 5. The smallest absolute Gasteiger partial charge is 0.335 e. The lowest BCUT2D eigenvalue weighted by Crippen LogP contribution is -2.25. The lowest BCUT2D eigenvalue weighted by atomic mass is 10.1. The van der Waals surface area contributed by atoms with Gasteiger partial charge in [0, 0.05) is 13.1 Å². The predicted molar refractivity (Wildman–Crippen MR) is 121 cm³/mol. The van der Waals surface area contributed by atoms with Gasteiger partial charge in [-0.25, -0.2) is 14.2 Å². The first kappa shape index (κ1) is 20.8. The van der Waals surface area contributed by atoms with E-state index in [9.17, 15) is 9.18 Å². The third-order valence-corrected chi connectivity index (χ3v) is 6.17. The Labute approximate surface area is 183 Å². The molecule has 0 spiro atoms. The van der Waals surface area contributed by atoms with Gasteiger partial charge in [-0.2, -0.15) is 0 Å². The van der Waals surface area contributed by atoms with Gasteiger partial charge >= 0.3 is 5.97 Å². The largest absolute Gasteiger partial charge is 0.497 e. The maximum Gasteiger partial charge on any atom is 0.335 e. The number of carboxylic acids is 1. The molecule has 0 radical (unpaired) electrons. The maximum absolute atomic E-state index is 14.2. The molecule has 5 nitrogen and oxygen atoms in total.